The van der Waals surface area contributed by atoms with E-state index in [9.17, 15) is 4.79 Å². The van der Waals surface area contributed by atoms with Crippen LogP contribution < -0.4 is 24.2 Å². The SMILES string of the molecule is O=C1[NH2+][C@@H](Cc2ccccc2)CO1.[Li+]. The molecule has 0 radical (unpaired) electrons. The number of carbonyl (C=O) groups is 1. The Kier molecular flexibility index (Phi) is 4.21. The number of carbonyl (C=O) groups excluding carboxylic acids is 1. The molecule has 1 amide bonds. The molecule has 1 aromatic carbocycles. The molecule has 1 aliphatic rings. The molecule has 0 bridgehead atoms. The zero-order valence-electron chi connectivity index (χ0n) is 8.27. The number of cyclic esters (lactones) is 1. The van der Waals surface area contributed by atoms with E-state index in [4.69, 9.17) is 4.74 Å². The van der Waals surface area contributed by atoms with Crippen LogP contribution in [0, 0.1) is 0 Å². The molecule has 1 aromatic rings. The molecular formula is C10H12LiNO2+2. The summed E-state index contributed by atoms with van der Waals surface area (Å²) in [5.41, 5.74) is 1.25. The first kappa shape index (κ1) is 11.3. The number of rotatable bonds is 2. The summed E-state index contributed by atoms with van der Waals surface area (Å²) in [6.45, 7) is 0.535. The smallest absolute Gasteiger partial charge is 0.414 e. The van der Waals surface area contributed by atoms with Crippen LogP contribution >= 0.6 is 0 Å². The largest absolute Gasteiger partial charge is 1.00 e. The van der Waals surface area contributed by atoms with Crippen LogP contribution in [-0.4, -0.2) is 18.7 Å². The maximum Gasteiger partial charge on any atom is 1.00 e. The van der Waals surface area contributed by atoms with E-state index in [0.29, 0.717) is 6.61 Å². The van der Waals surface area contributed by atoms with Gasteiger partial charge in [-0.3, -0.25) is 0 Å². The Morgan fingerprint density at radius 2 is 2.07 bits per heavy atom. The minimum Gasteiger partial charge on any atom is -0.414 e. The van der Waals surface area contributed by atoms with E-state index in [-0.39, 0.29) is 31.0 Å². The number of hydrogen-bond acceptors (Lipinski definition) is 2. The van der Waals surface area contributed by atoms with Gasteiger partial charge < -0.3 is 4.74 Å². The Morgan fingerprint density at radius 1 is 1.36 bits per heavy atom. The molecule has 2 N–H and O–H groups in total. The Hall–Kier alpha value is -0.753. The average molecular weight is 185 g/mol. The van der Waals surface area contributed by atoms with E-state index >= 15 is 0 Å². The molecule has 1 heterocycles. The first-order valence-electron chi connectivity index (χ1n) is 4.40. The Morgan fingerprint density at radius 3 is 2.64 bits per heavy atom. The molecule has 3 nitrogen and oxygen atoms in total. The predicted molar refractivity (Wildman–Crippen MR) is 47.2 cm³/mol. The van der Waals surface area contributed by atoms with Crippen molar-refractivity contribution in [1.29, 1.82) is 0 Å². The maximum atomic E-state index is 10.8. The van der Waals surface area contributed by atoms with Crippen molar-refractivity contribution in [2.75, 3.05) is 6.61 Å². The van der Waals surface area contributed by atoms with Crippen molar-refractivity contribution in [3.63, 3.8) is 0 Å². The number of ether oxygens (including phenoxy) is 1. The Balaban J connectivity index is 0.000000980. The van der Waals surface area contributed by atoms with Gasteiger partial charge in [0, 0.05) is 6.42 Å². The summed E-state index contributed by atoms with van der Waals surface area (Å²) < 4.78 is 4.84. The monoisotopic (exact) mass is 185 g/mol. The van der Waals surface area contributed by atoms with E-state index in [2.05, 4.69) is 12.1 Å². The van der Waals surface area contributed by atoms with E-state index in [1.54, 1.807) is 5.32 Å². The quantitative estimate of drug-likeness (QED) is 0.510. The number of nitrogens with two attached hydrogens (primary N) is 1. The molecule has 4 heteroatoms. The fourth-order valence-corrected chi connectivity index (χ4v) is 1.51. The zero-order valence-corrected chi connectivity index (χ0v) is 8.27. The molecule has 0 unspecified atom stereocenters. The molecule has 1 aliphatic heterocycles. The van der Waals surface area contributed by atoms with E-state index in [1.165, 1.54) is 5.56 Å². The van der Waals surface area contributed by atoms with Gasteiger partial charge in [0.25, 0.3) is 0 Å². The molecule has 14 heavy (non-hydrogen) atoms. The van der Waals surface area contributed by atoms with Crippen LogP contribution in [0.3, 0.4) is 0 Å². The number of benzene rings is 1. The van der Waals surface area contributed by atoms with Crippen LogP contribution in [0.4, 0.5) is 4.79 Å². The van der Waals surface area contributed by atoms with Crippen LogP contribution in [-0.2, 0) is 11.2 Å². The van der Waals surface area contributed by atoms with Crippen LogP contribution in [0.5, 0.6) is 0 Å². The predicted octanol–water partition coefficient (Wildman–Crippen LogP) is -2.68. The molecule has 1 atom stereocenters. The molecule has 0 spiro atoms. The van der Waals surface area contributed by atoms with Crippen LogP contribution in [0.25, 0.3) is 0 Å². The van der Waals surface area contributed by atoms with Gasteiger partial charge in [-0.05, 0) is 5.56 Å². The summed E-state index contributed by atoms with van der Waals surface area (Å²) in [6, 6.07) is 10.4. The first-order chi connectivity index (χ1) is 6.34. The second-order valence-corrected chi connectivity index (χ2v) is 3.25. The van der Waals surface area contributed by atoms with E-state index in [0.717, 1.165) is 6.42 Å². The normalized spacial score (nSPS) is 20.0. The van der Waals surface area contributed by atoms with Crippen LogP contribution in [0.2, 0.25) is 0 Å². The molecule has 2 rings (SSSR count). The number of amides is 1. The van der Waals surface area contributed by atoms with Gasteiger partial charge in [0.2, 0.25) is 0 Å². The molecule has 68 valence electrons. The summed E-state index contributed by atoms with van der Waals surface area (Å²) in [6.07, 6.45) is 0.716. The summed E-state index contributed by atoms with van der Waals surface area (Å²) in [5, 5.41) is 1.66. The van der Waals surface area contributed by atoms with Gasteiger partial charge in [-0.15, -0.1) is 0 Å². The van der Waals surface area contributed by atoms with Crippen LogP contribution in [0.1, 0.15) is 5.56 Å². The van der Waals surface area contributed by atoms with Crippen molar-refractivity contribution >= 4 is 6.09 Å². The van der Waals surface area contributed by atoms with Crippen molar-refractivity contribution in [2.45, 2.75) is 12.5 Å². The number of primary amides is 1. The van der Waals surface area contributed by atoms with Crippen molar-refractivity contribution in [2.24, 2.45) is 0 Å². The van der Waals surface area contributed by atoms with Crippen molar-refractivity contribution in [3.8, 4) is 0 Å². The molecule has 0 saturated carbocycles. The number of hydrogen-bond donors (Lipinski definition) is 1. The van der Waals surface area contributed by atoms with Gasteiger partial charge in [-0.25, -0.2) is 5.32 Å². The summed E-state index contributed by atoms with van der Waals surface area (Å²) in [4.78, 5) is 10.8. The van der Waals surface area contributed by atoms with Crippen molar-refractivity contribution < 1.29 is 33.7 Å². The summed E-state index contributed by atoms with van der Waals surface area (Å²) in [5.74, 6) is 0. The molecule has 1 saturated heterocycles. The third-order valence-electron chi connectivity index (χ3n) is 2.15. The van der Waals surface area contributed by atoms with Crippen molar-refractivity contribution in [3.05, 3.63) is 35.9 Å². The molecule has 0 aromatic heterocycles. The fraction of sp³-hybridized carbons (Fsp3) is 0.300. The fourth-order valence-electron chi connectivity index (χ4n) is 1.51. The van der Waals surface area contributed by atoms with Crippen molar-refractivity contribution in [1.82, 2.24) is 0 Å². The van der Waals surface area contributed by atoms with Gasteiger partial charge in [0.1, 0.15) is 12.6 Å². The van der Waals surface area contributed by atoms with Gasteiger partial charge in [-0.2, -0.15) is 4.79 Å². The molecular weight excluding hydrogens is 173 g/mol. The average Bonchev–Trinajstić information content (AvgIpc) is 2.53. The van der Waals surface area contributed by atoms with Gasteiger partial charge in [0.05, 0.1) is 0 Å². The minimum atomic E-state index is -0.180. The van der Waals surface area contributed by atoms with Gasteiger partial charge in [-0.1, -0.05) is 30.3 Å². The summed E-state index contributed by atoms with van der Waals surface area (Å²) >= 11 is 0. The van der Waals surface area contributed by atoms with Gasteiger partial charge >= 0.3 is 25.0 Å². The van der Waals surface area contributed by atoms with Crippen LogP contribution in [0.15, 0.2) is 30.3 Å². The Bertz CT molecular complexity index is 302. The minimum absolute atomic E-state index is 0. The first-order valence-corrected chi connectivity index (χ1v) is 4.40. The Labute approximate surface area is 95.0 Å². The summed E-state index contributed by atoms with van der Waals surface area (Å²) in [7, 11) is 0. The third kappa shape index (κ3) is 2.88. The molecule has 1 fully saturated rings. The zero-order chi connectivity index (χ0) is 9.10. The molecule has 0 aliphatic carbocycles. The maximum absolute atomic E-state index is 10.8. The second-order valence-electron chi connectivity index (χ2n) is 3.25. The second kappa shape index (κ2) is 5.21. The number of quaternary nitrogens is 1. The van der Waals surface area contributed by atoms with E-state index in [1.807, 2.05) is 18.2 Å². The standard InChI is InChI=1S/C10H11NO2.Li/c12-10-11-9(7-13-10)6-8-4-2-1-3-5-8;/h1-5,9H,6-7H2,(H,11,12);/q;+1/p+1/t9-;/m0./s1. The third-order valence-corrected chi connectivity index (χ3v) is 2.15. The van der Waals surface area contributed by atoms with Gasteiger partial charge in [0.15, 0.2) is 0 Å². The topological polar surface area (TPSA) is 42.9 Å². The van der Waals surface area contributed by atoms with E-state index < -0.39 is 0 Å².